The lowest BCUT2D eigenvalue weighted by Crippen LogP contribution is -1.92. The highest BCUT2D eigenvalue weighted by atomic mass is 16.3. The molecule has 0 radical (unpaired) electrons. The molecule has 98 valence electrons. The molecule has 0 fully saturated rings. The molecule has 7 heteroatoms. The molecule has 7 nitrogen and oxygen atoms in total. The number of hydrogen-bond donors (Lipinski definition) is 2. The number of aromatic amines is 1. The van der Waals surface area contributed by atoms with Gasteiger partial charge < -0.3 is 10.2 Å². The van der Waals surface area contributed by atoms with Crippen LogP contribution in [0.4, 0.5) is 5.82 Å². The van der Waals surface area contributed by atoms with E-state index in [4.69, 9.17) is 10.2 Å². The number of fused-ring (bicyclic) bond motifs is 2. The van der Waals surface area contributed by atoms with Crippen LogP contribution < -0.4 is 5.73 Å². The monoisotopic (exact) mass is 266 g/mol. The molecule has 0 bridgehead atoms. The third kappa shape index (κ3) is 1.46. The van der Waals surface area contributed by atoms with E-state index in [1.54, 1.807) is 0 Å². The largest absolute Gasteiger partial charge is 0.441 e. The van der Waals surface area contributed by atoms with E-state index in [0.717, 1.165) is 11.1 Å². The van der Waals surface area contributed by atoms with E-state index in [1.807, 2.05) is 25.1 Å². The van der Waals surface area contributed by atoms with Gasteiger partial charge in [0.1, 0.15) is 23.4 Å². The van der Waals surface area contributed by atoms with Crippen molar-refractivity contribution in [1.29, 1.82) is 0 Å². The second kappa shape index (κ2) is 3.77. The Balaban J connectivity index is 2.00. The van der Waals surface area contributed by atoms with Gasteiger partial charge in [-0.15, -0.1) is 0 Å². The number of benzene rings is 1. The van der Waals surface area contributed by atoms with Crippen LogP contribution in [0.25, 0.3) is 33.4 Å². The van der Waals surface area contributed by atoms with Gasteiger partial charge in [0.15, 0.2) is 17.1 Å². The quantitative estimate of drug-likeness (QED) is 0.546. The number of oxazole rings is 1. The van der Waals surface area contributed by atoms with E-state index in [-0.39, 0.29) is 0 Å². The van der Waals surface area contributed by atoms with Crippen molar-refractivity contribution in [3.8, 4) is 11.3 Å². The van der Waals surface area contributed by atoms with Crippen LogP contribution in [0, 0.1) is 6.92 Å². The first kappa shape index (κ1) is 10.9. The molecule has 1 aromatic carbocycles. The molecule has 20 heavy (non-hydrogen) atoms. The number of nitrogens with two attached hydrogens (primary N) is 1. The van der Waals surface area contributed by atoms with Crippen molar-refractivity contribution < 1.29 is 4.42 Å². The van der Waals surface area contributed by atoms with E-state index in [1.165, 1.54) is 6.33 Å². The summed E-state index contributed by atoms with van der Waals surface area (Å²) in [7, 11) is 0. The Morgan fingerprint density at radius 1 is 1.25 bits per heavy atom. The maximum absolute atomic E-state index is 5.91. The van der Waals surface area contributed by atoms with Crippen LogP contribution in [0.1, 0.15) is 5.89 Å². The summed E-state index contributed by atoms with van der Waals surface area (Å²) in [6.45, 7) is 1.81. The van der Waals surface area contributed by atoms with Crippen molar-refractivity contribution >= 4 is 28.0 Å². The molecular weight excluding hydrogens is 256 g/mol. The lowest BCUT2D eigenvalue weighted by Gasteiger charge is -1.99. The first-order valence-electron chi connectivity index (χ1n) is 6.04. The second-order valence-electron chi connectivity index (χ2n) is 4.47. The van der Waals surface area contributed by atoms with E-state index >= 15 is 0 Å². The van der Waals surface area contributed by atoms with Gasteiger partial charge in [-0.2, -0.15) is 5.10 Å². The molecule has 0 aliphatic rings. The third-order valence-electron chi connectivity index (χ3n) is 3.16. The Kier molecular flexibility index (Phi) is 2.06. The van der Waals surface area contributed by atoms with Gasteiger partial charge >= 0.3 is 0 Å². The number of aromatic nitrogens is 5. The molecule has 0 atom stereocenters. The molecule has 3 heterocycles. The molecule has 0 aliphatic carbocycles. The SMILES string of the molecule is Cc1nc2ccc(-c3n[nH]c4ncnc(N)c34)cc2o1. The van der Waals surface area contributed by atoms with Gasteiger partial charge in [-0.1, -0.05) is 6.07 Å². The van der Waals surface area contributed by atoms with Crippen molar-refractivity contribution in [2.75, 3.05) is 5.73 Å². The molecule has 0 amide bonds. The number of rotatable bonds is 1. The van der Waals surface area contributed by atoms with E-state index in [0.29, 0.717) is 34.0 Å². The number of aryl methyl sites for hydroxylation is 1. The van der Waals surface area contributed by atoms with Crippen molar-refractivity contribution in [2.45, 2.75) is 6.92 Å². The molecule has 3 aromatic heterocycles. The fourth-order valence-corrected chi connectivity index (χ4v) is 2.28. The fourth-order valence-electron chi connectivity index (χ4n) is 2.28. The minimum Gasteiger partial charge on any atom is -0.441 e. The smallest absolute Gasteiger partial charge is 0.192 e. The summed E-state index contributed by atoms with van der Waals surface area (Å²) >= 11 is 0. The summed E-state index contributed by atoms with van der Waals surface area (Å²) in [5.41, 5.74) is 9.63. The van der Waals surface area contributed by atoms with Crippen LogP contribution in [-0.4, -0.2) is 25.1 Å². The number of nitrogens with zero attached hydrogens (tertiary/aromatic N) is 4. The molecule has 0 saturated heterocycles. The molecular formula is C13H10N6O. The Bertz CT molecular complexity index is 938. The van der Waals surface area contributed by atoms with Crippen molar-refractivity contribution in [2.24, 2.45) is 0 Å². The van der Waals surface area contributed by atoms with Gasteiger partial charge in [-0.3, -0.25) is 5.10 Å². The lowest BCUT2D eigenvalue weighted by molar-refractivity contribution is 0.561. The summed E-state index contributed by atoms with van der Waals surface area (Å²) in [6, 6.07) is 5.70. The van der Waals surface area contributed by atoms with E-state index in [2.05, 4.69) is 25.1 Å². The van der Waals surface area contributed by atoms with Crippen LogP contribution in [0.3, 0.4) is 0 Å². The van der Waals surface area contributed by atoms with Crippen molar-refractivity contribution in [3.05, 3.63) is 30.4 Å². The number of nitrogens with one attached hydrogen (secondary N) is 1. The van der Waals surface area contributed by atoms with Crippen LogP contribution in [0.15, 0.2) is 28.9 Å². The van der Waals surface area contributed by atoms with Gasteiger partial charge in [0.05, 0.1) is 5.39 Å². The third-order valence-corrected chi connectivity index (χ3v) is 3.16. The van der Waals surface area contributed by atoms with Crippen LogP contribution in [-0.2, 0) is 0 Å². The summed E-state index contributed by atoms with van der Waals surface area (Å²) in [5.74, 6) is 1.03. The minimum atomic E-state index is 0.396. The topological polar surface area (TPSA) is 107 Å². The maximum atomic E-state index is 5.91. The molecule has 3 N–H and O–H groups in total. The van der Waals surface area contributed by atoms with Gasteiger partial charge in [0, 0.05) is 12.5 Å². The normalized spacial score (nSPS) is 11.4. The summed E-state index contributed by atoms with van der Waals surface area (Å²) in [4.78, 5) is 12.4. The van der Waals surface area contributed by atoms with E-state index in [9.17, 15) is 0 Å². The molecule has 4 rings (SSSR count). The predicted molar refractivity (Wildman–Crippen MR) is 73.8 cm³/mol. The molecule has 0 aliphatic heterocycles. The van der Waals surface area contributed by atoms with Gasteiger partial charge in [-0.05, 0) is 12.1 Å². The zero-order chi connectivity index (χ0) is 13.7. The summed E-state index contributed by atoms with van der Waals surface area (Å²) in [5, 5.41) is 7.84. The Hall–Kier alpha value is -2.96. The Labute approximate surface area is 112 Å². The first-order valence-corrected chi connectivity index (χ1v) is 6.04. The van der Waals surface area contributed by atoms with Crippen molar-refractivity contribution in [1.82, 2.24) is 25.1 Å². The highest BCUT2D eigenvalue weighted by Gasteiger charge is 2.14. The molecule has 0 unspecified atom stereocenters. The molecule has 0 spiro atoms. The summed E-state index contributed by atoms with van der Waals surface area (Å²) in [6.07, 6.45) is 1.41. The predicted octanol–water partition coefficient (Wildman–Crippen LogP) is 2.05. The molecule has 4 aromatic rings. The van der Waals surface area contributed by atoms with Crippen LogP contribution in [0.2, 0.25) is 0 Å². The zero-order valence-electron chi connectivity index (χ0n) is 10.6. The fraction of sp³-hybridized carbons (Fsp3) is 0.0769. The van der Waals surface area contributed by atoms with E-state index < -0.39 is 0 Å². The van der Waals surface area contributed by atoms with Crippen LogP contribution >= 0.6 is 0 Å². The number of anilines is 1. The standard InChI is InChI=1S/C13H10N6O/c1-6-17-8-3-2-7(4-9(8)20-6)11-10-12(14)15-5-16-13(10)19-18-11/h2-5H,1H3,(H3,14,15,16,18,19). The van der Waals surface area contributed by atoms with Gasteiger partial charge in [0.25, 0.3) is 0 Å². The maximum Gasteiger partial charge on any atom is 0.192 e. The average Bonchev–Trinajstić information content (AvgIpc) is 3.00. The average molecular weight is 266 g/mol. The van der Waals surface area contributed by atoms with Gasteiger partial charge in [0.2, 0.25) is 0 Å². The lowest BCUT2D eigenvalue weighted by atomic mass is 10.1. The first-order chi connectivity index (χ1) is 9.72. The summed E-state index contributed by atoms with van der Waals surface area (Å²) < 4.78 is 5.54. The Morgan fingerprint density at radius 3 is 3.05 bits per heavy atom. The highest BCUT2D eigenvalue weighted by Crippen LogP contribution is 2.30. The number of H-pyrrole nitrogens is 1. The minimum absolute atomic E-state index is 0.396. The second-order valence-corrected chi connectivity index (χ2v) is 4.47. The molecule has 0 saturated carbocycles. The number of nitrogen functional groups attached to an aromatic ring is 1. The van der Waals surface area contributed by atoms with Gasteiger partial charge in [-0.25, -0.2) is 15.0 Å². The number of hydrogen-bond acceptors (Lipinski definition) is 6. The van der Waals surface area contributed by atoms with Crippen molar-refractivity contribution in [3.63, 3.8) is 0 Å². The highest BCUT2D eigenvalue weighted by molar-refractivity contribution is 5.98. The Morgan fingerprint density at radius 2 is 2.15 bits per heavy atom. The zero-order valence-corrected chi connectivity index (χ0v) is 10.6. The van der Waals surface area contributed by atoms with Crippen LogP contribution in [0.5, 0.6) is 0 Å².